The molecule has 7 nitrogen and oxygen atoms in total. The highest BCUT2D eigenvalue weighted by atomic mass is 16.4. The second kappa shape index (κ2) is 7.24. The Morgan fingerprint density at radius 2 is 2.00 bits per heavy atom. The van der Waals surface area contributed by atoms with Gasteiger partial charge in [-0.2, -0.15) is 5.26 Å². The van der Waals surface area contributed by atoms with Crippen LogP contribution in [-0.2, 0) is 0 Å². The van der Waals surface area contributed by atoms with Gasteiger partial charge in [0.05, 0.1) is 22.6 Å². The van der Waals surface area contributed by atoms with Crippen molar-refractivity contribution in [2.75, 3.05) is 23.3 Å². The second-order valence-corrected chi connectivity index (χ2v) is 8.61. The van der Waals surface area contributed by atoms with Crippen LogP contribution in [0.2, 0.25) is 0 Å². The number of nitrogens with one attached hydrogen (secondary N) is 1. The van der Waals surface area contributed by atoms with Gasteiger partial charge in [-0.15, -0.1) is 0 Å². The zero-order valence-electron chi connectivity index (χ0n) is 17.5. The van der Waals surface area contributed by atoms with Crippen LogP contribution in [0, 0.1) is 30.1 Å². The van der Waals surface area contributed by atoms with Crippen LogP contribution in [-0.4, -0.2) is 34.1 Å². The molecule has 2 aromatic carbocycles. The molecule has 2 fully saturated rings. The summed E-state index contributed by atoms with van der Waals surface area (Å²) in [7, 11) is 0. The van der Waals surface area contributed by atoms with Crippen LogP contribution in [0.5, 0.6) is 0 Å². The maximum atomic E-state index is 11.6. The molecule has 1 aliphatic carbocycles. The smallest absolute Gasteiger partial charge is 0.337 e. The second-order valence-electron chi connectivity index (χ2n) is 8.61. The summed E-state index contributed by atoms with van der Waals surface area (Å²) in [6.45, 7) is 5.83. The maximum Gasteiger partial charge on any atom is 0.337 e. The van der Waals surface area contributed by atoms with Gasteiger partial charge in [-0.3, -0.25) is 0 Å². The summed E-state index contributed by atoms with van der Waals surface area (Å²) in [5, 5.41) is 22.5. The van der Waals surface area contributed by atoms with E-state index in [1.807, 2.05) is 26.0 Å². The number of aryl methyl sites for hydroxylation is 1. The summed E-state index contributed by atoms with van der Waals surface area (Å²) >= 11 is 0. The molecule has 2 heterocycles. The number of carboxylic acids is 1. The van der Waals surface area contributed by atoms with Crippen LogP contribution < -0.4 is 10.2 Å². The molecule has 31 heavy (non-hydrogen) atoms. The summed E-state index contributed by atoms with van der Waals surface area (Å²) in [6, 6.07) is 12.9. The summed E-state index contributed by atoms with van der Waals surface area (Å²) in [4.78, 5) is 23.4. The highest BCUT2D eigenvalue weighted by Crippen LogP contribution is 2.46. The molecule has 1 saturated heterocycles. The zero-order valence-corrected chi connectivity index (χ0v) is 17.5. The molecule has 156 valence electrons. The van der Waals surface area contributed by atoms with E-state index in [0.29, 0.717) is 22.7 Å². The predicted molar refractivity (Wildman–Crippen MR) is 118 cm³/mol. The SMILES string of the molecule is Cc1cc([C@@H](C)Nc2ccccc2C(=O)O)c2nc(N3CC4CC4C3)c(C#N)nc2c1. The third kappa shape index (κ3) is 3.44. The average molecular weight is 413 g/mol. The predicted octanol–water partition coefficient (Wildman–Crippen LogP) is 4.14. The van der Waals surface area contributed by atoms with Crippen molar-refractivity contribution in [1.29, 1.82) is 5.26 Å². The molecule has 2 aliphatic rings. The number of aromatic nitrogens is 2. The molecule has 5 rings (SSSR count). The van der Waals surface area contributed by atoms with Crippen molar-refractivity contribution >= 4 is 28.5 Å². The molecule has 2 N–H and O–H groups in total. The average Bonchev–Trinajstić information content (AvgIpc) is 3.37. The van der Waals surface area contributed by atoms with Gasteiger partial charge in [0.2, 0.25) is 0 Å². The number of carbonyl (C=O) groups is 1. The van der Waals surface area contributed by atoms with E-state index >= 15 is 0 Å². The number of nitrogens with zero attached hydrogens (tertiary/aromatic N) is 4. The molecule has 1 aromatic heterocycles. The first-order chi connectivity index (χ1) is 14.9. The van der Waals surface area contributed by atoms with E-state index in [1.165, 1.54) is 6.42 Å². The van der Waals surface area contributed by atoms with Gasteiger partial charge in [0.1, 0.15) is 6.07 Å². The van der Waals surface area contributed by atoms with E-state index in [9.17, 15) is 15.2 Å². The Bertz CT molecular complexity index is 1240. The molecule has 0 amide bonds. The van der Waals surface area contributed by atoms with Crippen molar-refractivity contribution in [3.63, 3.8) is 0 Å². The van der Waals surface area contributed by atoms with Gasteiger partial charge in [0.15, 0.2) is 11.5 Å². The van der Waals surface area contributed by atoms with E-state index in [1.54, 1.807) is 18.2 Å². The van der Waals surface area contributed by atoms with Gasteiger partial charge < -0.3 is 15.3 Å². The minimum atomic E-state index is -0.974. The fourth-order valence-corrected chi connectivity index (χ4v) is 4.63. The molecular weight excluding hydrogens is 390 g/mol. The van der Waals surface area contributed by atoms with Crippen LogP contribution in [0.15, 0.2) is 36.4 Å². The third-order valence-corrected chi connectivity index (χ3v) is 6.31. The molecule has 0 spiro atoms. The van der Waals surface area contributed by atoms with Crippen LogP contribution in [0.25, 0.3) is 11.0 Å². The number of fused-ring (bicyclic) bond motifs is 2. The van der Waals surface area contributed by atoms with Gasteiger partial charge >= 0.3 is 5.97 Å². The lowest BCUT2D eigenvalue weighted by Gasteiger charge is -2.22. The fraction of sp³-hybridized carbons (Fsp3) is 0.333. The molecule has 0 bridgehead atoms. The van der Waals surface area contributed by atoms with Gasteiger partial charge in [-0.25, -0.2) is 14.8 Å². The Morgan fingerprint density at radius 1 is 1.26 bits per heavy atom. The lowest BCUT2D eigenvalue weighted by atomic mass is 10.0. The summed E-state index contributed by atoms with van der Waals surface area (Å²) in [5.74, 6) is 1.12. The number of benzene rings is 2. The summed E-state index contributed by atoms with van der Waals surface area (Å²) in [6.07, 6.45) is 1.27. The van der Waals surface area contributed by atoms with Crippen molar-refractivity contribution in [1.82, 2.24) is 9.97 Å². The van der Waals surface area contributed by atoms with Gasteiger partial charge in [0, 0.05) is 24.3 Å². The first-order valence-corrected chi connectivity index (χ1v) is 10.5. The molecule has 7 heteroatoms. The zero-order chi connectivity index (χ0) is 21.7. The normalized spacial score (nSPS) is 20.2. The summed E-state index contributed by atoms with van der Waals surface area (Å²) in [5.41, 5.74) is 4.50. The van der Waals surface area contributed by atoms with E-state index in [2.05, 4.69) is 27.3 Å². The van der Waals surface area contributed by atoms with Gasteiger partial charge in [-0.1, -0.05) is 18.2 Å². The van der Waals surface area contributed by atoms with E-state index in [0.717, 1.165) is 41.6 Å². The topological polar surface area (TPSA) is 102 Å². The Kier molecular flexibility index (Phi) is 4.51. The van der Waals surface area contributed by atoms with E-state index in [4.69, 9.17) is 4.98 Å². The van der Waals surface area contributed by atoms with Crippen molar-refractivity contribution in [2.24, 2.45) is 11.8 Å². The molecule has 1 aliphatic heterocycles. The van der Waals surface area contributed by atoms with Crippen LogP contribution in [0.3, 0.4) is 0 Å². The molecule has 1 saturated carbocycles. The number of piperidine rings is 1. The van der Waals surface area contributed by atoms with Crippen molar-refractivity contribution in [3.8, 4) is 6.07 Å². The Balaban J connectivity index is 1.58. The third-order valence-electron chi connectivity index (χ3n) is 6.31. The fourth-order valence-electron chi connectivity index (χ4n) is 4.63. The monoisotopic (exact) mass is 413 g/mol. The molecule has 3 atom stereocenters. The summed E-state index contributed by atoms with van der Waals surface area (Å²) < 4.78 is 0. The minimum Gasteiger partial charge on any atom is -0.478 e. The number of aromatic carboxylic acids is 1. The van der Waals surface area contributed by atoms with Gasteiger partial charge in [0.25, 0.3) is 0 Å². The van der Waals surface area contributed by atoms with Crippen LogP contribution in [0.4, 0.5) is 11.5 Å². The van der Waals surface area contributed by atoms with Crippen molar-refractivity contribution < 1.29 is 9.90 Å². The Hall–Kier alpha value is -3.66. The number of nitriles is 1. The maximum absolute atomic E-state index is 11.6. The van der Waals surface area contributed by atoms with Crippen molar-refractivity contribution in [2.45, 2.75) is 26.3 Å². The Labute approximate surface area is 180 Å². The van der Waals surface area contributed by atoms with Gasteiger partial charge in [-0.05, 0) is 55.9 Å². The molecule has 0 radical (unpaired) electrons. The number of hydrogen-bond acceptors (Lipinski definition) is 6. The quantitative estimate of drug-likeness (QED) is 0.648. The molecular formula is C24H23N5O2. The largest absolute Gasteiger partial charge is 0.478 e. The van der Waals surface area contributed by atoms with Crippen LogP contribution >= 0.6 is 0 Å². The van der Waals surface area contributed by atoms with Crippen LogP contribution in [0.1, 0.15) is 46.6 Å². The number of anilines is 2. The minimum absolute atomic E-state index is 0.204. The number of rotatable bonds is 5. The highest BCUT2D eigenvalue weighted by Gasteiger charge is 2.46. The molecule has 3 aromatic rings. The van der Waals surface area contributed by atoms with E-state index in [-0.39, 0.29) is 11.6 Å². The Morgan fingerprint density at radius 3 is 2.71 bits per heavy atom. The molecule has 2 unspecified atom stereocenters. The van der Waals surface area contributed by atoms with Crippen molar-refractivity contribution in [3.05, 3.63) is 58.8 Å². The number of carboxylic acid groups (broad SMARTS) is 1. The standard InChI is InChI=1S/C24H23N5O2/c1-13-7-18(14(2)26-19-6-4-3-5-17(19)24(30)31)22-20(8-13)27-21(10-25)23(28-22)29-11-15-9-16(15)12-29/h3-8,14-16,26H,9,11-12H2,1-2H3,(H,30,31)/t14-,15?,16?/m1/s1. The highest BCUT2D eigenvalue weighted by molar-refractivity contribution is 5.94. The number of para-hydroxylation sites is 1. The first kappa shape index (κ1) is 19.3. The van der Waals surface area contributed by atoms with E-state index < -0.39 is 5.97 Å². The first-order valence-electron chi connectivity index (χ1n) is 10.5. The number of hydrogen-bond donors (Lipinski definition) is 2. The lowest BCUT2D eigenvalue weighted by molar-refractivity contribution is 0.0698. The lowest BCUT2D eigenvalue weighted by Crippen LogP contribution is -2.24.